The first-order valence-corrected chi connectivity index (χ1v) is 5.27. The summed E-state index contributed by atoms with van der Waals surface area (Å²) in [6.45, 7) is 3.09. The van der Waals surface area contributed by atoms with Gasteiger partial charge in [-0.05, 0) is 6.92 Å². The zero-order valence-corrected chi connectivity index (χ0v) is 8.43. The molecule has 0 saturated carbocycles. The molecule has 1 aliphatic rings. The Bertz CT molecular complexity index is 292. The van der Waals surface area contributed by atoms with Crippen molar-refractivity contribution in [3.05, 3.63) is 16.1 Å². The lowest BCUT2D eigenvalue weighted by Gasteiger charge is -2.18. The molecule has 1 aromatic rings. The number of nitrogens with zero attached hydrogens (tertiary/aromatic N) is 1. The minimum absolute atomic E-state index is 0.448. The van der Waals surface area contributed by atoms with Crippen LogP contribution in [0, 0.1) is 6.92 Å². The van der Waals surface area contributed by atoms with E-state index in [1.165, 1.54) is 0 Å². The summed E-state index contributed by atoms with van der Waals surface area (Å²) in [6, 6.07) is 0. The predicted octanol–water partition coefficient (Wildman–Crippen LogP) is 1.15. The second-order valence-electron chi connectivity index (χ2n) is 3.56. The van der Waals surface area contributed by atoms with Gasteiger partial charge in [-0.2, -0.15) is 0 Å². The molecule has 0 radical (unpaired) electrons. The van der Waals surface area contributed by atoms with Gasteiger partial charge in [0, 0.05) is 24.8 Å². The Balaban J connectivity index is 2.04. The van der Waals surface area contributed by atoms with E-state index in [9.17, 15) is 5.11 Å². The maximum atomic E-state index is 9.99. The van der Waals surface area contributed by atoms with Gasteiger partial charge in [0.25, 0.3) is 0 Å². The molecular weight excluding hydrogens is 186 g/mol. The van der Waals surface area contributed by atoms with Gasteiger partial charge in [-0.1, -0.05) is 0 Å². The fraction of sp³-hybridized carbons (Fsp3) is 0.667. The van der Waals surface area contributed by atoms with Crippen molar-refractivity contribution in [1.29, 1.82) is 0 Å². The molecule has 0 amide bonds. The molecule has 3 nitrogen and oxygen atoms in total. The summed E-state index contributed by atoms with van der Waals surface area (Å²) < 4.78 is 5.16. The van der Waals surface area contributed by atoms with Crippen LogP contribution < -0.4 is 0 Å². The Morgan fingerprint density at radius 2 is 2.62 bits per heavy atom. The maximum absolute atomic E-state index is 9.99. The summed E-state index contributed by atoms with van der Waals surface area (Å²) in [6.07, 6.45) is 1.35. The number of aromatic nitrogens is 1. The first kappa shape index (κ1) is 9.12. The van der Waals surface area contributed by atoms with E-state index in [4.69, 9.17) is 4.74 Å². The van der Waals surface area contributed by atoms with Gasteiger partial charge in [0.15, 0.2) is 0 Å². The summed E-state index contributed by atoms with van der Waals surface area (Å²) in [5.74, 6) is 0. The molecule has 0 aliphatic carbocycles. The molecule has 1 aliphatic heterocycles. The lowest BCUT2D eigenvalue weighted by molar-refractivity contribution is 0.0264. The number of hydrogen-bond acceptors (Lipinski definition) is 4. The van der Waals surface area contributed by atoms with Crippen LogP contribution in [0.2, 0.25) is 0 Å². The Hall–Kier alpha value is -0.450. The molecule has 4 heteroatoms. The van der Waals surface area contributed by atoms with Crippen molar-refractivity contribution in [3.63, 3.8) is 0 Å². The van der Waals surface area contributed by atoms with E-state index in [0.29, 0.717) is 19.6 Å². The van der Waals surface area contributed by atoms with Crippen LogP contribution in [0.1, 0.15) is 17.1 Å². The van der Waals surface area contributed by atoms with Gasteiger partial charge >= 0.3 is 0 Å². The SMILES string of the molecule is Cc1nc(CC2(O)CCOC2)cs1. The molecule has 1 N–H and O–H groups in total. The summed E-state index contributed by atoms with van der Waals surface area (Å²) in [7, 11) is 0. The van der Waals surface area contributed by atoms with Gasteiger partial charge < -0.3 is 9.84 Å². The molecule has 2 rings (SSSR count). The van der Waals surface area contributed by atoms with Crippen LogP contribution in [0.5, 0.6) is 0 Å². The lowest BCUT2D eigenvalue weighted by atomic mass is 9.98. The van der Waals surface area contributed by atoms with Gasteiger partial charge in [0.2, 0.25) is 0 Å². The molecular formula is C9H13NO2S. The lowest BCUT2D eigenvalue weighted by Crippen LogP contribution is -2.31. The Morgan fingerprint density at radius 1 is 1.77 bits per heavy atom. The third-order valence-corrected chi connectivity index (χ3v) is 3.08. The van der Waals surface area contributed by atoms with Gasteiger partial charge in [-0.15, -0.1) is 11.3 Å². The molecule has 1 atom stereocenters. The largest absolute Gasteiger partial charge is 0.387 e. The van der Waals surface area contributed by atoms with Crippen molar-refractivity contribution in [2.24, 2.45) is 0 Å². The van der Waals surface area contributed by atoms with E-state index in [-0.39, 0.29) is 0 Å². The Kier molecular flexibility index (Phi) is 2.36. The monoisotopic (exact) mass is 199 g/mol. The summed E-state index contributed by atoms with van der Waals surface area (Å²) in [5.41, 5.74) is 0.316. The van der Waals surface area contributed by atoms with Crippen molar-refractivity contribution in [3.8, 4) is 0 Å². The number of aryl methyl sites for hydroxylation is 1. The zero-order valence-electron chi connectivity index (χ0n) is 7.62. The van der Waals surface area contributed by atoms with Crippen LogP contribution in [-0.4, -0.2) is 28.9 Å². The minimum Gasteiger partial charge on any atom is -0.387 e. The first-order valence-electron chi connectivity index (χ1n) is 4.39. The average molecular weight is 199 g/mol. The van der Waals surface area contributed by atoms with Crippen LogP contribution in [0.4, 0.5) is 0 Å². The highest BCUT2D eigenvalue weighted by molar-refractivity contribution is 7.09. The number of ether oxygens (including phenoxy) is 1. The van der Waals surface area contributed by atoms with E-state index in [2.05, 4.69) is 4.98 Å². The fourth-order valence-corrected chi connectivity index (χ4v) is 2.18. The molecule has 1 saturated heterocycles. The van der Waals surface area contributed by atoms with Gasteiger partial charge in [0.1, 0.15) is 0 Å². The van der Waals surface area contributed by atoms with Crippen LogP contribution in [0.25, 0.3) is 0 Å². The number of hydrogen-bond donors (Lipinski definition) is 1. The van der Waals surface area contributed by atoms with E-state index < -0.39 is 5.60 Å². The van der Waals surface area contributed by atoms with Crippen molar-refractivity contribution in [2.45, 2.75) is 25.4 Å². The molecule has 0 bridgehead atoms. The van der Waals surface area contributed by atoms with Crippen molar-refractivity contribution in [2.75, 3.05) is 13.2 Å². The Labute approximate surface area is 81.4 Å². The second-order valence-corrected chi connectivity index (χ2v) is 4.62. The number of rotatable bonds is 2. The van der Waals surface area contributed by atoms with E-state index >= 15 is 0 Å². The maximum Gasteiger partial charge on any atom is 0.0957 e. The van der Waals surface area contributed by atoms with E-state index in [0.717, 1.165) is 17.1 Å². The fourth-order valence-electron chi connectivity index (χ4n) is 1.56. The minimum atomic E-state index is -0.666. The van der Waals surface area contributed by atoms with E-state index in [1.54, 1.807) is 11.3 Å². The summed E-state index contributed by atoms with van der Waals surface area (Å²) >= 11 is 1.62. The topological polar surface area (TPSA) is 42.4 Å². The second kappa shape index (κ2) is 3.36. The van der Waals surface area contributed by atoms with Gasteiger partial charge in [-0.25, -0.2) is 4.98 Å². The molecule has 1 fully saturated rings. The van der Waals surface area contributed by atoms with Gasteiger partial charge in [-0.3, -0.25) is 0 Å². The number of aliphatic hydroxyl groups is 1. The normalized spacial score (nSPS) is 28.2. The van der Waals surface area contributed by atoms with Crippen molar-refractivity contribution < 1.29 is 9.84 Å². The highest BCUT2D eigenvalue weighted by Crippen LogP contribution is 2.23. The quantitative estimate of drug-likeness (QED) is 0.776. The van der Waals surface area contributed by atoms with Crippen LogP contribution >= 0.6 is 11.3 Å². The van der Waals surface area contributed by atoms with Crippen LogP contribution in [0.3, 0.4) is 0 Å². The Morgan fingerprint density at radius 3 is 3.15 bits per heavy atom. The standard InChI is InChI=1S/C9H13NO2S/c1-7-10-8(5-13-7)4-9(11)2-3-12-6-9/h5,11H,2-4,6H2,1H3. The highest BCUT2D eigenvalue weighted by Gasteiger charge is 2.32. The smallest absolute Gasteiger partial charge is 0.0957 e. The highest BCUT2D eigenvalue weighted by atomic mass is 32.1. The average Bonchev–Trinajstić information content (AvgIpc) is 2.62. The van der Waals surface area contributed by atoms with Crippen LogP contribution in [0.15, 0.2) is 5.38 Å². The molecule has 1 aromatic heterocycles. The molecule has 13 heavy (non-hydrogen) atoms. The predicted molar refractivity (Wildman–Crippen MR) is 50.9 cm³/mol. The van der Waals surface area contributed by atoms with E-state index in [1.807, 2.05) is 12.3 Å². The summed E-state index contributed by atoms with van der Waals surface area (Å²) in [5, 5.41) is 13.1. The molecule has 0 spiro atoms. The van der Waals surface area contributed by atoms with Gasteiger partial charge in [0.05, 0.1) is 22.9 Å². The van der Waals surface area contributed by atoms with Crippen molar-refractivity contribution in [1.82, 2.24) is 4.98 Å². The molecule has 72 valence electrons. The zero-order chi connectivity index (χ0) is 9.31. The molecule has 0 aromatic carbocycles. The molecule has 2 heterocycles. The third-order valence-electron chi connectivity index (χ3n) is 2.26. The summed E-state index contributed by atoms with van der Waals surface area (Å²) in [4.78, 5) is 4.32. The molecule has 1 unspecified atom stereocenters. The first-order chi connectivity index (χ1) is 6.18. The third kappa shape index (κ3) is 2.07. The van der Waals surface area contributed by atoms with Crippen molar-refractivity contribution >= 4 is 11.3 Å². The number of thiazole rings is 1. The van der Waals surface area contributed by atoms with Crippen LogP contribution in [-0.2, 0) is 11.2 Å².